The van der Waals surface area contributed by atoms with Crippen molar-refractivity contribution in [3.63, 3.8) is 0 Å². The van der Waals surface area contributed by atoms with Gasteiger partial charge in [0.05, 0.1) is 0 Å². The predicted octanol–water partition coefficient (Wildman–Crippen LogP) is 0.300. The first-order valence-electron chi connectivity index (χ1n) is 3.71. The Morgan fingerprint density at radius 1 is 1.44 bits per heavy atom. The van der Waals surface area contributed by atoms with Crippen LogP contribution in [0.3, 0.4) is 0 Å². The zero-order valence-electron chi connectivity index (χ0n) is 6.35. The lowest BCUT2D eigenvalue weighted by Crippen LogP contribution is -2.29. The molecule has 0 bridgehead atoms. The highest BCUT2D eigenvalue weighted by molar-refractivity contribution is 4.69. The van der Waals surface area contributed by atoms with Crippen molar-refractivity contribution < 1.29 is 0 Å². The van der Waals surface area contributed by atoms with Gasteiger partial charge in [0.2, 0.25) is 0 Å². The van der Waals surface area contributed by atoms with Crippen LogP contribution in [0.4, 0.5) is 0 Å². The maximum Gasteiger partial charge on any atom is 0.0107 e. The standard InChI is InChI=1S/C7H16N2/c1-7-3-4-8-5-6-9(7)2/h7-8H,3-6H2,1-2H3/t7-/m1/s1. The van der Waals surface area contributed by atoms with Crippen LogP contribution >= 0.6 is 0 Å². The molecule has 0 saturated carbocycles. The summed E-state index contributed by atoms with van der Waals surface area (Å²) in [6, 6.07) is 0.764. The Morgan fingerprint density at radius 2 is 2.22 bits per heavy atom. The van der Waals surface area contributed by atoms with E-state index < -0.39 is 0 Å². The van der Waals surface area contributed by atoms with Crippen molar-refractivity contribution in [2.75, 3.05) is 26.7 Å². The van der Waals surface area contributed by atoms with Gasteiger partial charge in [-0.25, -0.2) is 0 Å². The number of nitrogens with zero attached hydrogens (tertiary/aromatic N) is 1. The lowest BCUT2D eigenvalue weighted by Gasteiger charge is -2.20. The number of hydrogen-bond donors (Lipinski definition) is 1. The van der Waals surface area contributed by atoms with Crippen molar-refractivity contribution in [2.24, 2.45) is 0 Å². The number of likely N-dealkylation sites (N-methyl/N-ethyl adjacent to an activating group) is 1. The Bertz CT molecular complexity index is 73.0. The molecule has 1 rings (SSSR count). The number of nitrogens with one attached hydrogen (secondary N) is 1. The smallest absolute Gasteiger partial charge is 0.0107 e. The van der Waals surface area contributed by atoms with E-state index in [0.29, 0.717) is 0 Å². The summed E-state index contributed by atoms with van der Waals surface area (Å²) in [6.07, 6.45) is 1.29. The molecule has 1 heterocycles. The van der Waals surface area contributed by atoms with Crippen molar-refractivity contribution in [2.45, 2.75) is 19.4 Å². The molecule has 1 fully saturated rings. The maximum absolute atomic E-state index is 3.37. The van der Waals surface area contributed by atoms with Gasteiger partial charge < -0.3 is 10.2 Å². The molecule has 0 aromatic rings. The summed E-state index contributed by atoms with van der Waals surface area (Å²) in [4.78, 5) is 2.40. The minimum atomic E-state index is 0.764. The highest BCUT2D eigenvalue weighted by atomic mass is 15.2. The van der Waals surface area contributed by atoms with Gasteiger partial charge in [-0.2, -0.15) is 0 Å². The van der Waals surface area contributed by atoms with Gasteiger partial charge in [-0.3, -0.25) is 0 Å². The quantitative estimate of drug-likeness (QED) is 0.505. The van der Waals surface area contributed by atoms with E-state index in [9.17, 15) is 0 Å². The molecular weight excluding hydrogens is 112 g/mol. The molecule has 0 aromatic heterocycles. The fourth-order valence-corrected chi connectivity index (χ4v) is 1.13. The third kappa shape index (κ3) is 1.95. The average Bonchev–Trinajstić information content (AvgIpc) is 1.99. The van der Waals surface area contributed by atoms with Crippen LogP contribution in [0, 0.1) is 0 Å². The van der Waals surface area contributed by atoms with E-state index in [0.717, 1.165) is 12.6 Å². The number of rotatable bonds is 0. The normalized spacial score (nSPS) is 32.0. The lowest BCUT2D eigenvalue weighted by molar-refractivity contribution is 0.272. The van der Waals surface area contributed by atoms with Gasteiger partial charge >= 0.3 is 0 Å². The third-order valence-electron chi connectivity index (χ3n) is 2.13. The summed E-state index contributed by atoms with van der Waals surface area (Å²) in [5, 5.41) is 3.37. The molecule has 0 radical (unpaired) electrons. The topological polar surface area (TPSA) is 15.3 Å². The van der Waals surface area contributed by atoms with E-state index in [1.807, 2.05) is 0 Å². The molecule has 9 heavy (non-hydrogen) atoms. The second-order valence-corrected chi connectivity index (χ2v) is 2.87. The highest BCUT2D eigenvalue weighted by Crippen LogP contribution is 2.01. The van der Waals surface area contributed by atoms with Crippen molar-refractivity contribution in [1.29, 1.82) is 0 Å². The van der Waals surface area contributed by atoms with E-state index in [1.165, 1.54) is 19.5 Å². The molecule has 2 nitrogen and oxygen atoms in total. The summed E-state index contributed by atoms with van der Waals surface area (Å²) in [5.41, 5.74) is 0. The lowest BCUT2D eigenvalue weighted by atomic mass is 10.2. The second-order valence-electron chi connectivity index (χ2n) is 2.87. The first kappa shape index (κ1) is 7.03. The molecule has 1 atom stereocenters. The zero-order chi connectivity index (χ0) is 6.69. The van der Waals surface area contributed by atoms with E-state index in [-0.39, 0.29) is 0 Å². The maximum atomic E-state index is 3.37. The van der Waals surface area contributed by atoms with Gasteiger partial charge in [-0.05, 0) is 26.9 Å². The van der Waals surface area contributed by atoms with Gasteiger partial charge in [0.25, 0.3) is 0 Å². The molecule has 1 saturated heterocycles. The van der Waals surface area contributed by atoms with Crippen LogP contribution in [0.2, 0.25) is 0 Å². The Balaban J connectivity index is 2.32. The molecule has 1 aliphatic heterocycles. The monoisotopic (exact) mass is 128 g/mol. The van der Waals surface area contributed by atoms with Crippen LogP contribution < -0.4 is 5.32 Å². The van der Waals surface area contributed by atoms with E-state index in [4.69, 9.17) is 0 Å². The summed E-state index contributed by atoms with van der Waals surface area (Å²) in [5.74, 6) is 0. The fraction of sp³-hybridized carbons (Fsp3) is 1.00. The van der Waals surface area contributed by atoms with Crippen molar-refractivity contribution in [3.05, 3.63) is 0 Å². The van der Waals surface area contributed by atoms with Crippen molar-refractivity contribution in [3.8, 4) is 0 Å². The molecule has 1 N–H and O–H groups in total. The molecule has 0 spiro atoms. The van der Waals surface area contributed by atoms with E-state index >= 15 is 0 Å². The van der Waals surface area contributed by atoms with Crippen LogP contribution in [0.15, 0.2) is 0 Å². The zero-order valence-corrected chi connectivity index (χ0v) is 6.35. The molecule has 0 unspecified atom stereocenters. The molecule has 0 amide bonds. The molecule has 0 aromatic carbocycles. The SMILES string of the molecule is C[C@@H]1CCNCCN1C. The minimum Gasteiger partial charge on any atom is -0.315 e. The van der Waals surface area contributed by atoms with Gasteiger partial charge in [-0.15, -0.1) is 0 Å². The van der Waals surface area contributed by atoms with Gasteiger partial charge in [-0.1, -0.05) is 0 Å². The Hall–Kier alpha value is -0.0800. The van der Waals surface area contributed by atoms with Crippen molar-refractivity contribution >= 4 is 0 Å². The summed E-state index contributed by atoms with van der Waals surface area (Å²) in [7, 11) is 2.19. The molecule has 0 aliphatic carbocycles. The first-order chi connectivity index (χ1) is 4.30. The molecular formula is C7H16N2. The molecule has 2 heteroatoms. The molecule has 1 aliphatic rings. The summed E-state index contributed by atoms with van der Waals surface area (Å²) >= 11 is 0. The van der Waals surface area contributed by atoms with Crippen molar-refractivity contribution in [1.82, 2.24) is 10.2 Å². The highest BCUT2D eigenvalue weighted by Gasteiger charge is 2.10. The fourth-order valence-electron chi connectivity index (χ4n) is 1.13. The van der Waals surface area contributed by atoms with Crippen LogP contribution in [0.25, 0.3) is 0 Å². The van der Waals surface area contributed by atoms with Crippen LogP contribution in [0.1, 0.15) is 13.3 Å². The third-order valence-corrected chi connectivity index (χ3v) is 2.13. The Kier molecular flexibility index (Phi) is 2.49. The Labute approximate surface area is 57.2 Å². The number of hydrogen-bond acceptors (Lipinski definition) is 2. The van der Waals surface area contributed by atoms with Crippen LogP contribution in [0.5, 0.6) is 0 Å². The summed E-state index contributed by atoms with van der Waals surface area (Å²) in [6.45, 7) is 5.82. The Morgan fingerprint density at radius 3 is 3.00 bits per heavy atom. The second kappa shape index (κ2) is 3.18. The van der Waals surface area contributed by atoms with Gasteiger partial charge in [0, 0.05) is 19.1 Å². The largest absolute Gasteiger partial charge is 0.315 e. The van der Waals surface area contributed by atoms with Crippen LogP contribution in [-0.4, -0.2) is 37.6 Å². The van der Waals surface area contributed by atoms with Gasteiger partial charge in [0.15, 0.2) is 0 Å². The predicted molar refractivity (Wildman–Crippen MR) is 39.6 cm³/mol. The molecule has 54 valence electrons. The first-order valence-corrected chi connectivity index (χ1v) is 3.71. The van der Waals surface area contributed by atoms with Crippen LogP contribution in [-0.2, 0) is 0 Å². The van der Waals surface area contributed by atoms with Gasteiger partial charge in [0.1, 0.15) is 0 Å². The van der Waals surface area contributed by atoms with E-state index in [2.05, 4.69) is 24.2 Å². The minimum absolute atomic E-state index is 0.764. The van der Waals surface area contributed by atoms with E-state index in [1.54, 1.807) is 0 Å². The summed E-state index contributed by atoms with van der Waals surface area (Å²) < 4.78 is 0. The average molecular weight is 128 g/mol.